The summed E-state index contributed by atoms with van der Waals surface area (Å²) in [5, 5.41) is 1.02. The molecule has 10 heteroatoms. The number of nitrogens with zero attached hydrogens (tertiary/aromatic N) is 1. The van der Waals surface area contributed by atoms with Crippen LogP contribution in [0.25, 0.3) is 11.0 Å². The van der Waals surface area contributed by atoms with E-state index < -0.39 is 15.9 Å². The standard InChI is InChI=1S/C27H23BrClFN2O4S/c1-37(34,35)32(14-16-4-9-21(28)22(29)10-16)23-13-24-20(12-19(23)17-5-6-17)26(27(31)33)25(36-24)11-15-2-7-18(30)8-3-15/h2-4,7-10,12-13,17H,5-6,11,14H2,1H3,(H2,31,33). The number of amides is 1. The van der Waals surface area contributed by atoms with Crippen LogP contribution >= 0.6 is 27.5 Å². The molecule has 1 heterocycles. The van der Waals surface area contributed by atoms with Crippen LogP contribution in [0.1, 0.15) is 51.6 Å². The third-order valence-corrected chi connectivity index (χ3v) is 8.79. The minimum Gasteiger partial charge on any atom is -0.460 e. The largest absolute Gasteiger partial charge is 0.460 e. The van der Waals surface area contributed by atoms with Gasteiger partial charge in [0.05, 0.1) is 29.1 Å². The van der Waals surface area contributed by atoms with Gasteiger partial charge in [0.15, 0.2) is 0 Å². The highest BCUT2D eigenvalue weighted by Gasteiger charge is 2.33. The van der Waals surface area contributed by atoms with E-state index >= 15 is 0 Å². The van der Waals surface area contributed by atoms with E-state index in [1.54, 1.807) is 30.3 Å². The lowest BCUT2D eigenvalue weighted by Gasteiger charge is -2.25. The number of halogens is 3. The number of anilines is 1. The van der Waals surface area contributed by atoms with Crippen LogP contribution in [-0.2, 0) is 23.0 Å². The number of carbonyl (C=O) groups excluding carboxylic acids is 1. The first-order valence-corrected chi connectivity index (χ1v) is 14.6. The Bertz CT molecular complexity index is 1630. The first kappa shape index (κ1) is 25.8. The number of furan rings is 1. The maximum Gasteiger partial charge on any atom is 0.252 e. The Balaban J connectivity index is 1.65. The van der Waals surface area contributed by atoms with E-state index in [9.17, 15) is 17.6 Å². The van der Waals surface area contributed by atoms with Crippen LogP contribution in [0, 0.1) is 5.82 Å². The minimum atomic E-state index is -3.70. The van der Waals surface area contributed by atoms with Crippen molar-refractivity contribution in [2.24, 2.45) is 5.73 Å². The molecule has 192 valence electrons. The number of rotatable bonds is 8. The molecule has 1 aromatic heterocycles. The summed E-state index contributed by atoms with van der Waals surface area (Å²) in [7, 11) is -3.70. The van der Waals surface area contributed by atoms with Gasteiger partial charge in [0.2, 0.25) is 10.0 Å². The zero-order valence-electron chi connectivity index (χ0n) is 19.8. The van der Waals surface area contributed by atoms with Gasteiger partial charge in [-0.15, -0.1) is 0 Å². The van der Waals surface area contributed by atoms with Crippen LogP contribution in [0.15, 0.2) is 63.5 Å². The van der Waals surface area contributed by atoms with Crippen molar-refractivity contribution in [1.82, 2.24) is 0 Å². The topological polar surface area (TPSA) is 93.6 Å². The van der Waals surface area contributed by atoms with Gasteiger partial charge >= 0.3 is 0 Å². The molecule has 1 aliphatic rings. The highest BCUT2D eigenvalue weighted by molar-refractivity contribution is 9.10. The molecule has 0 spiro atoms. The van der Waals surface area contributed by atoms with E-state index in [2.05, 4.69) is 15.9 Å². The van der Waals surface area contributed by atoms with Crippen molar-refractivity contribution in [2.75, 3.05) is 10.6 Å². The molecule has 1 amide bonds. The Kier molecular flexibility index (Phi) is 6.81. The summed E-state index contributed by atoms with van der Waals surface area (Å²) in [4.78, 5) is 12.5. The van der Waals surface area contributed by atoms with Crippen molar-refractivity contribution in [2.45, 2.75) is 31.7 Å². The van der Waals surface area contributed by atoms with Crippen molar-refractivity contribution in [3.05, 3.63) is 97.9 Å². The second kappa shape index (κ2) is 9.78. The first-order valence-electron chi connectivity index (χ1n) is 11.6. The van der Waals surface area contributed by atoms with Crippen molar-refractivity contribution in [3.8, 4) is 0 Å². The van der Waals surface area contributed by atoms with Crippen LogP contribution in [0.5, 0.6) is 0 Å². The number of benzene rings is 3. The summed E-state index contributed by atoms with van der Waals surface area (Å²) in [5.74, 6) is -0.503. The van der Waals surface area contributed by atoms with Gasteiger partial charge in [-0.25, -0.2) is 12.8 Å². The summed E-state index contributed by atoms with van der Waals surface area (Å²) in [5.41, 5.74) is 9.14. The monoisotopic (exact) mass is 604 g/mol. The fourth-order valence-electron chi connectivity index (χ4n) is 4.50. The number of fused-ring (bicyclic) bond motifs is 1. The SMILES string of the molecule is CS(=O)(=O)N(Cc1ccc(Br)c(Cl)c1)c1cc2oc(Cc3ccc(F)cc3)c(C(N)=O)c2cc1C1CC1. The van der Waals surface area contributed by atoms with Gasteiger partial charge in [-0.3, -0.25) is 9.10 Å². The third-order valence-electron chi connectivity index (χ3n) is 6.43. The number of nitrogens with two attached hydrogens (primary N) is 1. The lowest BCUT2D eigenvalue weighted by molar-refractivity contribution is 0.1000. The molecule has 1 fully saturated rings. The number of hydrogen-bond donors (Lipinski definition) is 1. The number of hydrogen-bond acceptors (Lipinski definition) is 4. The normalized spacial score (nSPS) is 13.7. The quantitative estimate of drug-likeness (QED) is 0.247. The smallest absolute Gasteiger partial charge is 0.252 e. The Morgan fingerprint density at radius 1 is 1.14 bits per heavy atom. The van der Waals surface area contributed by atoms with Gasteiger partial charge < -0.3 is 10.2 Å². The Morgan fingerprint density at radius 3 is 2.41 bits per heavy atom. The molecule has 6 nitrogen and oxygen atoms in total. The van der Waals surface area contributed by atoms with Gasteiger partial charge in [0, 0.05) is 22.3 Å². The zero-order valence-corrected chi connectivity index (χ0v) is 23.0. The molecule has 37 heavy (non-hydrogen) atoms. The van der Waals surface area contributed by atoms with E-state index in [1.807, 2.05) is 12.1 Å². The lowest BCUT2D eigenvalue weighted by Crippen LogP contribution is -2.30. The summed E-state index contributed by atoms with van der Waals surface area (Å²) >= 11 is 9.62. The molecule has 0 saturated heterocycles. The predicted octanol–water partition coefficient (Wildman–Crippen LogP) is 6.52. The molecule has 0 unspecified atom stereocenters. The zero-order chi connectivity index (χ0) is 26.5. The van der Waals surface area contributed by atoms with Gasteiger partial charge in [-0.1, -0.05) is 29.8 Å². The van der Waals surface area contributed by atoms with Crippen LogP contribution in [0.3, 0.4) is 0 Å². The average Bonchev–Trinajstić information content (AvgIpc) is 3.61. The van der Waals surface area contributed by atoms with E-state index in [0.29, 0.717) is 31.9 Å². The van der Waals surface area contributed by atoms with Crippen molar-refractivity contribution >= 4 is 60.1 Å². The molecule has 0 atom stereocenters. The highest BCUT2D eigenvalue weighted by atomic mass is 79.9. The maximum absolute atomic E-state index is 13.4. The molecular formula is C27H23BrClFN2O4S. The summed E-state index contributed by atoms with van der Waals surface area (Å²) in [6.07, 6.45) is 3.21. The Morgan fingerprint density at radius 2 is 1.81 bits per heavy atom. The maximum atomic E-state index is 13.4. The summed E-state index contributed by atoms with van der Waals surface area (Å²) in [6, 6.07) is 14.7. The van der Waals surface area contributed by atoms with Crippen LogP contribution in [0.4, 0.5) is 10.1 Å². The third kappa shape index (κ3) is 5.39. The van der Waals surface area contributed by atoms with Crippen molar-refractivity contribution < 1.29 is 22.0 Å². The second-order valence-corrected chi connectivity index (χ2v) is 12.4. The highest BCUT2D eigenvalue weighted by Crippen LogP contribution is 2.47. The average molecular weight is 606 g/mol. The van der Waals surface area contributed by atoms with Crippen LogP contribution in [0.2, 0.25) is 5.02 Å². The van der Waals surface area contributed by atoms with Crippen molar-refractivity contribution in [3.63, 3.8) is 0 Å². The van der Waals surface area contributed by atoms with Gasteiger partial charge in [-0.05, 0) is 81.7 Å². The van der Waals surface area contributed by atoms with E-state index in [-0.39, 0.29) is 30.3 Å². The fourth-order valence-corrected chi connectivity index (χ4v) is 5.85. The molecule has 0 aliphatic heterocycles. The number of carbonyl (C=O) groups is 1. The Labute approximate surface area is 227 Å². The van der Waals surface area contributed by atoms with Crippen molar-refractivity contribution in [1.29, 1.82) is 0 Å². The molecule has 1 aliphatic carbocycles. The number of sulfonamides is 1. The summed E-state index contributed by atoms with van der Waals surface area (Å²) in [6.45, 7) is 0.0723. The molecule has 1 saturated carbocycles. The van der Waals surface area contributed by atoms with E-state index in [0.717, 1.165) is 35.8 Å². The Hall–Kier alpha value is -2.88. The van der Waals surface area contributed by atoms with Crippen LogP contribution < -0.4 is 10.0 Å². The van der Waals surface area contributed by atoms with Gasteiger partial charge in [0.25, 0.3) is 5.91 Å². The van der Waals surface area contributed by atoms with E-state index in [1.165, 1.54) is 16.4 Å². The molecule has 2 N–H and O–H groups in total. The van der Waals surface area contributed by atoms with Gasteiger partial charge in [0.1, 0.15) is 17.2 Å². The summed E-state index contributed by atoms with van der Waals surface area (Å²) < 4.78 is 47.6. The molecule has 0 bridgehead atoms. The molecule has 3 aromatic carbocycles. The van der Waals surface area contributed by atoms with Gasteiger partial charge in [-0.2, -0.15) is 0 Å². The lowest BCUT2D eigenvalue weighted by atomic mass is 10.0. The van der Waals surface area contributed by atoms with E-state index in [4.69, 9.17) is 21.8 Å². The van der Waals surface area contributed by atoms with Crippen LogP contribution in [-0.4, -0.2) is 20.6 Å². The first-order chi connectivity index (χ1) is 17.5. The molecular weight excluding hydrogens is 583 g/mol. The number of primary amides is 1. The fraction of sp³-hybridized carbons (Fsp3) is 0.222. The molecule has 5 rings (SSSR count). The predicted molar refractivity (Wildman–Crippen MR) is 146 cm³/mol. The molecule has 0 radical (unpaired) electrons. The minimum absolute atomic E-state index is 0.0723. The second-order valence-electron chi connectivity index (χ2n) is 9.27. The molecule has 4 aromatic rings.